The van der Waals surface area contributed by atoms with E-state index in [1.807, 2.05) is 0 Å². The average molecular weight is 370 g/mol. The Bertz CT molecular complexity index is 936. The van der Waals surface area contributed by atoms with Gasteiger partial charge in [0.25, 0.3) is 0 Å². The maximum atomic E-state index is 13.4. The molecular weight excluding hydrogens is 359 g/mol. The molecule has 0 aliphatic rings. The minimum Gasteiger partial charge on any atom is -0.461 e. The fourth-order valence-corrected chi connectivity index (χ4v) is 2.38. The number of hydrogen-bond acceptors (Lipinski definition) is 4. The maximum Gasteiger partial charge on any atom is 0.433 e. The monoisotopic (exact) mass is 369 g/mol. The third kappa shape index (κ3) is 3.43. The van der Waals surface area contributed by atoms with Crippen LogP contribution in [0.3, 0.4) is 0 Å². The van der Waals surface area contributed by atoms with Gasteiger partial charge < -0.3 is 4.74 Å². The summed E-state index contributed by atoms with van der Waals surface area (Å²) in [4.78, 5) is 15.9. The number of esters is 1. The Labute approximate surface area is 145 Å². The van der Waals surface area contributed by atoms with Crippen molar-refractivity contribution in [2.24, 2.45) is 0 Å². The summed E-state index contributed by atoms with van der Waals surface area (Å²) in [5, 5.41) is 4.14. The van der Waals surface area contributed by atoms with Gasteiger partial charge in [-0.05, 0) is 25.1 Å². The average Bonchev–Trinajstić information content (AvgIpc) is 2.98. The van der Waals surface area contributed by atoms with Gasteiger partial charge in [0.1, 0.15) is 0 Å². The summed E-state index contributed by atoms with van der Waals surface area (Å²) in [6.45, 7) is 1.67. The number of fused-ring (bicyclic) bond motifs is 1. The molecular formula is C16H11ClF3N3O2. The van der Waals surface area contributed by atoms with Gasteiger partial charge in [-0.1, -0.05) is 23.7 Å². The van der Waals surface area contributed by atoms with Crippen molar-refractivity contribution in [1.29, 1.82) is 0 Å². The van der Waals surface area contributed by atoms with E-state index >= 15 is 0 Å². The number of alkyl halides is 3. The molecule has 0 aliphatic carbocycles. The van der Waals surface area contributed by atoms with Crippen LogP contribution in [0.1, 0.15) is 23.1 Å². The van der Waals surface area contributed by atoms with Crippen molar-refractivity contribution in [3.63, 3.8) is 0 Å². The highest BCUT2D eigenvalue weighted by Gasteiger charge is 2.35. The number of hydrogen-bond donors (Lipinski definition) is 0. The van der Waals surface area contributed by atoms with E-state index in [9.17, 15) is 18.0 Å². The van der Waals surface area contributed by atoms with Gasteiger partial charge >= 0.3 is 12.1 Å². The number of nitrogens with zero attached hydrogens (tertiary/aromatic N) is 3. The van der Waals surface area contributed by atoms with Crippen LogP contribution < -0.4 is 0 Å². The van der Waals surface area contributed by atoms with Gasteiger partial charge in [-0.15, -0.1) is 0 Å². The van der Waals surface area contributed by atoms with E-state index in [0.717, 1.165) is 12.1 Å². The fraction of sp³-hybridized carbons (Fsp3) is 0.188. The molecule has 0 saturated carbocycles. The third-order valence-corrected chi connectivity index (χ3v) is 3.59. The Morgan fingerprint density at radius 1 is 1.24 bits per heavy atom. The molecule has 0 aliphatic heterocycles. The van der Waals surface area contributed by atoms with E-state index in [1.54, 1.807) is 31.2 Å². The lowest BCUT2D eigenvalue weighted by molar-refractivity contribution is -0.142. The highest BCUT2D eigenvalue weighted by atomic mass is 35.5. The van der Waals surface area contributed by atoms with Crippen molar-refractivity contribution in [3.8, 4) is 11.3 Å². The van der Waals surface area contributed by atoms with Crippen molar-refractivity contribution in [1.82, 2.24) is 14.6 Å². The zero-order valence-corrected chi connectivity index (χ0v) is 13.6. The Morgan fingerprint density at radius 3 is 2.52 bits per heavy atom. The van der Waals surface area contributed by atoms with Crippen molar-refractivity contribution in [2.75, 3.05) is 6.61 Å². The Hall–Kier alpha value is -2.61. The zero-order valence-electron chi connectivity index (χ0n) is 12.8. The van der Waals surface area contributed by atoms with Crippen LogP contribution in [0.4, 0.5) is 13.2 Å². The number of carbonyl (C=O) groups excluding carboxylic acids is 1. The number of benzene rings is 1. The highest BCUT2D eigenvalue weighted by Crippen LogP contribution is 2.32. The van der Waals surface area contributed by atoms with Gasteiger partial charge in [0.05, 0.1) is 12.3 Å². The van der Waals surface area contributed by atoms with E-state index < -0.39 is 17.8 Å². The van der Waals surface area contributed by atoms with Gasteiger partial charge in [-0.3, -0.25) is 0 Å². The second-order valence-corrected chi connectivity index (χ2v) is 5.49. The lowest BCUT2D eigenvalue weighted by atomic mass is 10.1. The molecule has 3 aromatic rings. The molecule has 3 rings (SSSR count). The normalized spacial score (nSPS) is 11.7. The van der Waals surface area contributed by atoms with Crippen molar-refractivity contribution < 1.29 is 22.7 Å². The van der Waals surface area contributed by atoms with Crippen LogP contribution in [0.5, 0.6) is 0 Å². The van der Waals surface area contributed by atoms with Crippen LogP contribution in [-0.4, -0.2) is 27.2 Å². The molecule has 130 valence electrons. The molecule has 0 radical (unpaired) electrons. The molecule has 0 atom stereocenters. The SMILES string of the molecule is CCOC(=O)c1cc2nc(-c3ccc(Cl)cc3)cc(C(F)(F)F)n2n1. The van der Waals surface area contributed by atoms with Crippen LogP contribution >= 0.6 is 11.6 Å². The summed E-state index contributed by atoms with van der Waals surface area (Å²) in [5.74, 6) is -0.811. The number of ether oxygens (including phenoxy) is 1. The quantitative estimate of drug-likeness (QED) is 0.648. The Morgan fingerprint density at radius 2 is 1.92 bits per heavy atom. The molecule has 5 nitrogen and oxygen atoms in total. The molecule has 9 heteroatoms. The number of carbonyl (C=O) groups is 1. The topological polar surface area (TPSA) is 56.5 Å². The molecule has 0 spiro atoms. The van der Waals surface area contributed by atoms with Crippen molar-refractivity contribution in [3.05, 3.63) is 52.8 Å². The van der Waals surface area contributed by atoms with Crippen LogP contribution in [-0.2, 0) is 10.9 Å². The summed E-state index contributed by atoms with van der Waals surface area (Å²) in [6, 6.07) is 8.26. The van der Waals surface area contributed by atoms with Crippen molar-refractivity contribution in [2.45, 2.75) is 13.1 Å². The molecule has 0 unspecified atom stereocenters. The summed E-state index contributed by atoms with van der Waals surface area (Å²) >= 11 is 5.80. The molecule has 1 aromatic carbocycles. The van der Waals surface area contributed by atoms with Gasteiger partial charge in [-0.25, -0.2) is 14.3 Å². The molecule has 25 heavy (non-hydrogen) atoms. The Balaban J connectivity index is 2.20. The van der Waals surface area contributed by atoms with Crippen LogP contribution in [0, 0.1) is 0 Å². The predicted octanol–water partition coefficient (Wildman–Crippen LogP) is 4.25. The van der Waals surface area contributed by atoms with Gasteiger partial charge in [0.15, 0.2) is 17.0 Å². The molecule has 0 amide bonds. The van der Waals surface area contributed by atoms with E-state index in [-0.39, 0.29) is 23.6 Å². The largest absolute Gasteiger partial charge is 0.461 e. The first kappa shape index (κ1) is 17.2. The standard InChI is InChI=1S/C16H11ClF3N3O2/c1-2-25-15(24)12-8-14-21-11(9-3-5-10(17)6-4-9)7-13(16(18,19)20)23(14)22-12/h3-8H,2H2,1H3. The first-order valence-electron chi connectivity index (χ1n) is 7.20. The minimum absolute atomic E-state index is 0.0856. The van der Waals surface area contributed by atoms with Crippen LogP contribution in [0.15, 0.2) is 36.4 Å². The number of halogens is 4. The van der Waals surface area contributed by atoms with Crippen molar-refractivity contribution >= 4 is 23.2 Å². The van der Waals surface area contributed by atoms with Crippen LogP contribution in [0.2, 0.25) is 5.02 Å². The van der Waals surface area contributed by atoms with Gasteiger partial charge in [0.2, 0.25) is 0 Å². The fourth-order valence-electron chi connectivity index (χ4n) is 2.25. The lowest BCUT2D eigenvalue weighted by Gasteiger charge is -2.11. The first-order valence-corrected chi connectivity index (χ1v) is 7.58. The summed E-state index contributed by atoms with van der Waals surface area (Å²) in [7, 11) is 0. The van der Waals surface area contributed by atoms with Gasteiger partial charge in [0, 0.05) is 16.7 Å². The summed E-state index contributed by atoms with van der Waals surface area (Å²) < 4.78 is 45.6. The first-order chi connectivity index (χ1) is 11.8. The lowest BCUT2D eigenvalue weighted by Crippen LogP contribution is -2.14. The predicted molar refractivity (Wildman–Crippen MR) is 84.4 cm³/mol. The third-order valence-electron chi connectivity index (χ3n) is 3.34. The van der Waals surface area contributed by atoms with E-state index in [0.29, 0.717) is 15.1 Å². The molecule has 0 saturated heterocycles. The van der Waals surface area contributed by atoms with E-state index in [4.69, 9.17) is 16.3 Å². The van der Waals surface area contributed by atoms with E-state index in [1.165, 1.54) is 0 Å². The molecule has 0 fully saturated rings. The number of rotatable bonds is 3. The number of aromatic nitrogens is 3. The second kappa shape index (κ2) is 6.36. The zero-order chi connectivity index (χ0) is 18.2. The molecule has 2 aromatic heterocycles. The summed E-state index contributed by atoms with van der Waals surface area (Å²) in [5.41, 5.74) is -0.850. The Kier molecular flexibility index (Phi) is 4.38. The summed E-state index contributed by atoms with van der Waals surface area (Å²) in [6.07, 6.45) is -4.68. The van der Waals surface area contributed by atoms with Crippen LogP contribution in [0.25, 0.3) is 16.9 Å². The second-order valence-electron chi connectivity index (χ2n) is 5.05. The van der Waals surface area contributed by atoms with Gasteiger partial charge in [-0.2, -0.15) is 18.3 Å². The maximum absolute atomic E-state index is 13.4. The smallest absolute Gasteiger partial charge is 0.433 e. The highest BCUT2D eigenvalue weighted by molar-refractivity contribution is 6.30. The van der Waals surface area contributed by atoms with E-state index in [2.05, 4.69) is 10.1 Å². The molecule has 0 bridgehead atoms. The molecule has 2 heterocycles. The molecule has 0 N–H and O–H groups in total. The minimum atomic E-state index is -4.68.